The van der Waals surface area contributed by atoms with E-state index in [1.807, 2.05) is 31.2 Å². The van der Waals surface area contributed by atoms with Crippen LogP contribution < -0.4 is 16.0 Å². The van der Waals surface area contributed by atoms with Crippen molar-refractivity contribution in [3.63, 3.8) is 0 Å². The minimum Gasteiger partial charge on any atom is -0.321 e. The summed E-state index contributed by atoms with van der Waals surface area (Å²) < 4.78 is 0. The normalized spacial score (nSPS) is 10.0. The van der Waals surface area contributed by atoms with Gasteiger partial charge in [-0.15, -0.1) is 0 Å². The Morgan fingerprint density at radius 2 is 1.46 bits per heavy atom. The Labute approximate surface area is 151 Å². The lowest BCUT2D eigenvalue weighted by Crippen LogP contribution is -2.19. The number of nitrogens with one attached hydrogen (secondary N) is 3. The highest BCUT2D eigenvalue weighted by atomic mass is 16.2. The first-order chi connectivity index (χ1) is 12.6. The summed E-state index contributed by atoms with van der Waals surface area (Å²) in [6, 6.07) is 19.2. The highest BCUT2D eigenvalue weighted by Crippen LogP contribution is 2.16. The molecule has 3 aromatic rings. The van der Waals surface area contributed by atoms with Crippen LogP contribution in [0.2, 0.25) is 0 Å². The fourth-order valence-corrected chi connectivity index (χ4v) is 2.30. The Morgan fingerprint density at radius 1 is 0.769 bits per heavy atom. The van der Waals surface area contributed by atoms with E-state index in [2.05, 4.69) is 20.9 Å². The van der Waals surface area contributed by atoms with Gasteiger partial charge in [0.1, 0.15) is 5.69 Å². The number of hydrogen-bond acceptors (Lipinski definition) is 3. The molecule has 0 aliphatic rings. The van der Waals surface area contributed by atoms with Crippen molar-refractivity contribution in [1.29, 1.82) is 0 Å². The zero-order valence-electron chi connectivity index (χ0n) is 14.2. The van der Waals surface area contributed by atoms with Crippen LogP contribution in [-0.2, 0) is 0 Å². The fourth-order valence-electron chi connectivity index (χ4n) is 2.30. The Kier molecular flexibility index (Phi) is 5.24. The summed E-state index contributed by atoms with van der Waals surface area (Å²) in [7, 11) is 0. The van der Waals surface area contributed by atoms with E-state index in [1.54, 1.807) is 48.7 Å². The van der Waals surface area contributed by atoms with Gasteiger partial charge >= 0.3 is 6.03 Å². The molecule has 0 spiro atoms. The largest absolute Gasteiger partial charge is 0.323 e. The molecule has 3 amide bonds. The van der Waals surface area contributed by atoms with Crippen molar-refractivity contribution in [2.45, 2.75) is 6.92 Å². The number of amides is 3. The molecule has 0 saturated carbocycles. The summed E-state index contributed by atoms with van der Waals surface area (Å²) in [4.78, 5) is 28.3. The third-order valence-electron chi connectivity index (χ3n) is 3.59. The molecule has 0 unspecified atom stereocenters. The molecule has 1 heterocycles. The van der Waals surface area contributed by atoms with Gasteiger partial charge in [0.2, 0.25) is 0 Å². The Balaban J connectivity index is 1.62. The molecule has 3 N–H and O–H groups in total. The van der Waals surface area contributed by atoms with Crippen LogP contribution in [0.25, 0.3) is 0 Å². The van der Waals surface area contributed by atoms with E-state index in [0.717, 1.165) is 5.56 Å². The number of rotatable bonds is 4. The molecular weight excluding hydrogens is 328 g/mol. The van der Waals surface area contributed by atoms with E-state index < -0.39 is 0 Å². The number of hydrogen-bond donors (Lipinski definition) is 3. The summed E-state index contributed by atoms with van der Waals surface area (Å²) in [6.07, 6.45) is 1.56. The Bertz CT molecular complexity index is 909. The summed E-state index contributed by atoms with van der Waals surface area (Å²) in [6.45, 7) is 1.98. The van der Waals surface area contributed by atoms with Crippen molar-refractivity contribution < 1.29 is 9.59 Å². The predicted octanol–water partition coefficient (Wildman–Crippen LogP) is 4.29. The van der Waals surface area contributed by atoms with Crippen molar-refractivity contribution in [2.75, 3.05) is 16.0 Å². The molecule has 0 saturated heterocycles. The minimum absolute atomic E-state index is 0.313. The molecule has 0 radical (unpaired) electrons. The van der Waals surface area contributed by atoms with Crippen molar-refractivity contribution in [3.05, 3.63) is 84.2 Å². The van der Waals surface area contributed by atoms with Gasteiger partial charge in [0, 0.05) is 23.3 Å². The third kappa shape index (κ3) is 4.67. The molecule has 0 aliphatic carbocycles. The summed E-state index contributed by atoms with van der Waals surface area (Å²) in [5.74, 6) is -0.313. The second-order valence-corrected chi connectivity index (χ2v) is 5.70. The van der Waals surface area contributed by atoms with Gasteiger partial charge in [-0.1, -0.05) is 29.8 Å². The van der Waals surface area contributed by atoms with Gasteiger partial charge in [0.15, 0.2) is 0 Å². The second kappa shape index (κ2) is 7.94. The number of benzene rings is 2. The van der Waals surface area contributed by atoms with Gasteiger partial charge in [-0.05, 0) is 49.4 Å². The molecule has 130 valence electrons. The van der Waals surface area contributed by atoms with Gasteiger partial charge in [-0.3, -0.25) is 9.78 Å². The predicted molar refractivity (Wildman–Crippen MR) is 102 cm³/mol. The van der Waals surface area contributed by atoms with E-state index in [1.165, 1.54) is 0 Å². The molecule has 0 aliphatic heterocycles. The number of carbonyl (C=O) groups is 2. The summed E-state index contributed by atoms with van der Waals surface area (Å²) >= 11 is 0. The first-order valence-corrected chi connectivity index (χ1v) is 8.07. The van der Waals surface area contributed by atoms with Gasteiger partial charge in [-0.2, -0.15) is 0 Å². The molecule has 1 aromatic heterocycles. The highest BCUT2D eigenvalue weighted by molar-refractivity contribution is 6.04. The molecule has 0 bridgehead atoms. The summed E-state index contributed by atoms with van der Waals surface area (Å²) in [5, 5.41) is 8.25. The average molecular weight is 346 g/mol. The number of nitrogens with zero attached hydrogens (tertiary/aromatic N) is 1. The molecular formula is C20H18N4O2. The number of pyridine rings is 1. The number of urea groups is 1. The maximum atomic E-state index is 12.1. The van der Waals surface area contributed by atoms with Crippen LogP contribution in [0.5, 0.6) is 0 Å². The number of aromatic nitrogens is 1. The van der Waals surface area contributed by atoms with Crippen molar-refractivity contribution >= 4 is 29.0 Å². The Morgan fingerprint density at radius 3 is 2.15 bits per heavy atom. The van der Waals surface area contributed by atoms with Crippen LogP contribution >= 0.6 is 0 Å². The third-order valence-corrected chi connectivity index (χ3v) is 3.59. The van der Waals surface area contributed by atoms with Crippen molar-refractivity contribution in [2.24, 2.45) is 0 Å². The van der Waals surface area contributed by atoms with E-state index in [-0.39, 0.29) is 11.9 Å². The lowest BCUT2D eigenvalue weighted by atomic mass is 10.2. The fraction of sp³-hybridized carbons (Fsp3) is 0.0500. The first-order valence-electron chi connectivity index (χ1n) is 8.07. The average Bonchev–Trinajstić information content (AvgIpc) is 2.64. The lowest BCUT2D eigenvalue weighted by molar-refractivity contribution is 0.102. The molecule has 2 aromatic carbocycles. The topological polar surface area (TPSA) is 83.1 Å². The lowest BCUT2D eigenvalue weighted by Gasteiger charge is -2.10. The Hall–Kier alpha value is -3.67. The van der Waals surface area contributed by atoms with Gasteiger partial charge in [-0.25, -0.2) is 4.79 Å². The van der Waals surface area contributed by atoms with E-state index >= 15 is 0 Å². The quantitative estimate of drug-likeness (QED) is 0.659. The zero-order chi connectivity index (χ0) is 18.4. The number of carbonyl (C=O) groups excluding carboxylic acids is 2. The SMILES string of the molecule is Cc1ccc(NC(=O)Nc2cccc(NC(=O)c3ccccn3)c2)cc1. The smallest absolute Gasteiger partial charge is 0.321 e. The molecule has 0 fully saturated rings. The van der Waals surface area contributed by atoms with Crippen LogP contribution in [0.3, 0.4) is 0 Å². The van der Waals surface area contributed by atoms with Crippen molar-refractivity contribution in [1.82, 2.24) is 4.98 Å². The van der Waals surface area contributed by atoms with Crippen molar-refractivity contribution in [3.8, 4) is 0 Å². The van der Waals surface area contributed by atoms with Gasteiger partial charge in [0.05, 0.1) is 0 Å². The molecule has 26 heavy (non-hydrogen) atoms. The molecule has 6 heteroatoms. The van der Waals surface area contributed by atoms with E-state index in [0.29, 0.717) is 22.8 Å². The van der Waals surface area contributed by atoms with E-state index in [9.17, 15) is 9.59 Å². The standard InChI is InChI=1S/C20H18N4O2/c1-14-8-10-15(11-9-14)23-20(26)24-17-6-4-5-16(13-17)22-19(25)18-7-2-3-12-21-18/h2-13H,1H3,(H,22,25)(H2,23,24,26). The maximum Gasteiger partial charge on any atom is 0.323 e. The maximum absolute atomic E-state index is 12.1. The zero-order valence-corrected chi connectivity index (χ0v) is 14.2. The number of aryl methyl sites for hydroxylation is 1. The minimum atomic E-state index is -0.359. The molecule has 3 rings (SSSR count). The highest BCUT2D eigenvalue weighted by Gasteiger charge is 2.08. The molecule has 0 atom stereocenters. The van der Waals surface area contributed by atoms with Crippen LogP contribution in [-0.4, -0.2) is 16.9 Å². The van der Waals surface area contributed by atoms with Crippen LogP contribution in [0, 0.1) is 6.92 Å². The van der Waals surface area contributed by atoms with Crippen LogP contribution in [0.1, 0.15) is 16.1 Å². The van der Waals surface area contributed by atoms with E-state index in [4.69, 9.17) is 0 Å². The van der Waals surface area contributed by atoms with Gasteiger partial charge in [0.25, 0.3) is 5.91 Å². The molecule has 6 nitrogen and oxygen atoms in total. The monoisotopic (exact) mass is 346 g/mol. The first kappa shape index (κ1) is 17.2. The summed E-state index contributed by atoms with van der Waals surface area (Å²) in [5.41, 5.74) is 3.27. The van der Waals surface area contributed by atoms with Crippen LogP contribution in [0.4, 0.5) is 21.9 Å². The second-order valence-electron chi connectivity index (χ2n) is 5.70. The van der Waals surface area contributed by atoms with Crippen LogP contribution in [0.15, 0.2) is 72.9 Å². The van der Waals surface area contributed by atoms with Gasteiger partial charge < -0.3 is 16.0 Å². The number of anilines is 3.